The van der Waals surface area contributed by atoms with E-state index >= 15 is 0 Å². The molecule has 1 amide bonds. The molecule has 0 aromatic heterocycles. The molecule has 3 atom stereocenters. The van der Waals surface area contributed by atoms with Crippen LogP contribution in [0.15, 0.2) is 12.2 Å². The maximum Gasteiger partial charge on any atom is 0.410 e. The molecule has 2 aliphatic heterocycles. The second-order valence-electron chi connectivity index (χ2n) is 21.9. The van der Waals surface area contributed by atoms with Crippen LogP contribution in [0.5, 0.6) is 0 Å². The van der Waals surface area contributed by atoms with Crippen molar-refractivity contribution >= 4 is 41.9 Å². The number of hydrogen-bond donors (Lipinski definition) is 0. The standard InChI is InChI=1S/C61H106N2O14/c1-6-10-14-18-22-28-34-55(64)71-45-50(46-72-56(65)35-29-23-19-15-11-7-2)41-59(68)76-53-38-39-54(44-63(43-53)61(70)75-49-52-33-27-26-32-40-62(52)5)77-60(69)42-51(47-73-57(66)36-30-24-20-16-12-8-3)48-74-58(67)37-31-25-21-17-13-9-4/h38-39,50-54H,6-37,40-49H2,1-5H3/t52?,53-,54+. The number of carbonyl (C=O) groups is 7. The lowest BCUT2D eigenvalue weighted by atomic mass is 10.1. The van der Waals surface area contributed by atoms with E-state index in [0.29, 0.717) is 25.7 Å². The Bertz CT molecular complexity index is 1480. The summed E-state index contributed by atoms with van der Waals surface area (Å²) in [5.41, 5.74) is 0. The van der Waals surface area contributed by atoms with E-state index in [-0.39, 0.29) is 115 Å². The van der Waals surface area contributed by atoms with E-state index in [2.05, 4.69) is 32.6 Å². The van der Waals surface area contributed by atoms with Crippen molar-refractivity contribution in [2.75, 3.05) is 59.7 Å². The Morgan fingerprint density at radius 2 is 0.766 bits per heavy atom. The molecule has 0 radical (unpaired) electrons. The summed E-state index contributed by atoms with van der Waals surface area (Å²) in [5, 5.41) is 0. The zero-order valence-corrected chi connectivity index (χ0v) is 48.8. The predicted octanol–water partition coefficient (Wildman–Crippen LogP) is 12.9. The minimum atomic E-state index is -0.977. The van der Waals surface area contributed by atoms with Crippen molar-refractivity contribution in [2.24, 2.45) is 11.8 Å². The highest BCUT2D eigenvalue weighted by Crippen LogP contribution is 2.21. The van der Waals surface area contributed by atoms with Crippen LogP contribution in [0, 0.1) is 11.8 Å². The first kappa shape index (κ1) is 68.9. The summed E-state index contributed by atoms with van der Waals surface area (Å²) in [6.45, 7) is 8.89. The van der Waals surface area contributed by atoms with Gasteiger partial charge >= 0.3 is 41.9 Å². The molecule has 2 aliphatic rings. The van der Waals surface area contributed by atoms with E-state index in [1.807, 2.05) is 7.05 Å². The second-order valence-corrected chi connectivity index (χ2v) is 21.9. The predicted molar refractivity (Wildman–Crippen MR) is 299 cm³/mol. The van der Waals surface area contributed by atoms with E-state index in [0.717, 1.165) is 161 Å². The van der Waals surface area contributed by atoms with Crippen molar-refractivity contribution in [2.45, 2.75) is 264 Å². The Hall–Kier alpha value is -4.21. The van der Waals surface area contributed by atoms with Gasteiger partial charge in [0.05, 0.1) is 52.4 Å². The van der Waals surface area contributed by atoms with Gasteiger partial charge in [0, 0.05) is 43.6 Å². The van der Waals surface area contributed by atoms with Crippen molar-refractivity contribution in [3.63, 3.8) is 0 Å². The molecular formula is C61H106N2O14. The summed E-state index contributed by atoms with van der Waals surface area (Å²) in [6.07, 6.45) is 29.5. The molecule has 444 valence electrons. The van der Waals surface area contributed by atoms with Crippen molar-refractivity contribution in [1.82, 2.24) is 9.80 Å². The number of likely N-dealkylation sites (N-methyl/N-ethyl adjacent to an activating group) is 1. The van der Waals surface area contributed by atoms with Crippen LogP contribution < -0.4 is 0 Å². The van der Waals surface area contributed by atoms with Crippen LogP contribution in [0.1, 0.15) is 246 Å². The lowest BCUT2D eigenvalue weighted by Crippen LogP contribution is -2.44. The molecule has 2 heterocycles. The Balaban J connectivity index is 2.22. The van der Waals surface area contributed by atoms with Crippen LogP contribution in [0.4, 0.5) is 4.79 Å². The Morgan fingerprint density at radius 3 is 1.12 bits per heavy atom. The molecule has 16 heteroatoms. The third-order valence-corrected chi connectivity index (χ3v) is 14.5. The summed E-state index contributed by atoms with van der Waals surface area (Å²) < 4.78 is 40.4. The normalized spacial score (nSPS) is 16.9. The molecule has 0 aliphatic carbocycles. The van der Waals surface area contributed by atoms with Gasteiger partial charge in [-0.2, -0.15) is 0 Å². The highest BCUT2D eigenvalue weighted by Gasteiger charge is 2.32. The summed E-state index contributed by atoms with van der Waals surface area (Å²) in [5.74, 6) is -4.20. The Labute approximate surface area is 464 Å². The Kier molecular flexibility index (Phi) is 40.8. The fraction of sp³-hybridized carbons (Fsp3) is 0.852. The SMILES string of the molecule is CCCCCCCCC(=O)OCC(COC(=O)CCCCCCCC)CC(=O)O[C@@H]1C=C[C@H](OC(=O)CC(COC(=O)CCCCCCCC)COC(=O)CCCCCCCC)CN(C(=O)OCC2CCCCCN2C)C1. The number of esters is 6. The minimum Gasteiger partial charge on any atom is -0.465 e. The third-order valence-electron chi connectivity index (χ3n) is 14.5. The highest BCUT2D eigenvalue weighted by atomic mass is 16.6. The van der Waals surface area contributed by atoms with E-state index < -0.39 is 42.1 Å². The zero-order chi connectivity index (χ0) is 56.1. The monoisotopic (exact) mass is 1090 g/mol. The molecule has 1 unspecified atom stereocenters. The van der Waals surface area contributed by atoms with Gasteiger partial charge in [0.2, 0.25) is 0 Å². The summed E-state index contributed by atoms with van der Waals surface area (Å²) in [6, 6.07) is 0.0299. The number of unbranched alkanes of at least 4 members (excludes halogenated alkanes) is 20. The summed E-state index contributed by atoms with van der Waals surface area (Å²) in [7, 11) is 2.02. The second kappa shape index (κ2) is 45.6. The number of rotatable bonds is 44. The van der Waals surface area contributed by atoms with Crippen LogP contribution in [0.25, 0.3) is 0 Å². The number of ether oxygens (including phenoxy) is 7. The molecule has 0 saturated carbocycles. The zero-order valence-electron chi connectivity index (χ0n) is 48.8. The molecule has 0 N–H and O–H groups in total. The number of amides is 1. The van der Waals surface area contributed by atoms with Crippen molar-refractivity contribution < 1.29 is 66.7 Å². The van der Waals surface area contributed by atoms with Crippen LogP contribution in [0.3, 0.4) is 0 Å². The lowest BCUT2D eigenvalue weighted by Gasteiger charge is -2.29. The molecule has 0 bridgehead atoms. The fourth-order valence-corrected chi connectivity index (χ4v) is 9.54. The maximum absolute atomic E-state index is 13.9. The number of hydrogen-bond acceptors (Lipinski definition) is 15. The van der Waals surface area contributed by atoms with Gasteiger partial charge in [-0.05, 0) is 64.3 Å². The van der Waals surface area contributed by atoms with Gasteiger partial charge < -0.3 is 43.0 Å². The Morgan fingerprint density at radius 1 is 0.429 bits per heavy atom. The topological polar surface area (TPSA) is 191 Å². The maximum atomic E-state index is 13.9. The molecule has 2 rings (SSSR count). The van der Waals surface area contributed by atoms with Crippen molar-refractivity contribution in [3.8, 4) is 0 Å². The molecule has 77 heavy (non-hydrogen) atoms. The first-order chi connectivity index (χ1) is 37.4. The van der Waals surface area contributed by atoms with Crippen LogP contribution in [0.2, 0.25) is 0 Å². The number of likely N-dealkylation sites (tertiary alicyclic amines) is 1. The quantitative estimate of drug-likeness (QED) is 0.0242. The molecule has 1 fully saturated rings. The molecule has 0 aromatic carbocycles. The van der Waals surface area contributed by atoms with E-state index in [1.54, 1.807) is 12.2 Å². The van der Waals surface area contributed by atoms with Crippen LogP contribution >= 0.6 is 0 Å². The molecular weight excluding hydrogens is 985 g/mol. The number of carbonyl (C=O) groups excluding carboxylic acids is 7. The van der Waals surface area contributed by atoms with E-state index in [1.165, 1.54) is 4.90 Å². The van der Waals surface area contributed by atoms with Gasteiger partial charge in [0.15, 0.2) is 0 Å². The first-order valence-electron chi connectivity index (χ1n) is 30.7. The van der Waals surface area contributed by atoms with Gasteiger partial charge in [-0.3, -0.25) is 28.8 Å². The average Bonchev–Trinajstić information content (AvgIpc) is 3.75. The van der Waals surface area contributed by atoms with Gasteiger partial charge in [-0.1, -0.05) is 169 Å². The number of nitrogens with zero attached hydrogens (tertiary/aromatic N) is 2. The summed E-state index contributed by atoms with van der Waals surface area (Å²) in [4.78, 5) is 96.3. The fourth-order valence-electron chi connectivity index (χ4n) is 9.54. The van der Waals surface area contributed by atoms with Crippen molar-refractivity contribution in [3.05, 3.63) is 12.2 Å². The highest BCUT2D eigenvalue weighted by molar-refractivity contribution is 5.73. The molecule has 1 saturated heterocycles. The van der Waals surface area contributed by atoms with Gasteiger partial charge in [-0.25, -0.2) is 4.79 Å². The van der Waals surface area contributed by atoms with Crippen molar-refractivity contribution in [1.29, 1.82) is 0 Å². The minimum absolute atomic E-state index is 0.0299. The van der Waals surface area contributed by atoms with Gasteiger partial charge in [-0.15, -0.1) is 0 Å². The molecule has 0 aromatic rings. The van der Waals surface area contributed by atoms with E-state index in [4.69, 9.17) is 33.2 Å². The molecule has 16 nitrogen and oxygen atoms in total. The average molecular weight is 1090 g/mol. The third kappa shape index (κ3) is 36.6. The van der Waals surface area contributed by atoms with Gasteiger partial charge in [0.1, 0.15) is 18.8 Å². The first-order valence-corrected chi connectivity index (χ1v) is 30.7. The van der Waals surface area contributed by atoms with Crippen LogP contribution in [-0.2, 0) is 61.9 Å². The molecule has 0 spiro atoms. The summed E-state index contributed by atoms with van der Waals surface area (Å²) >= 11 is 0. The largest absolute Gasteiger partial charge is 0.465 e. The van der Waals surface area contributed by atoms with Crippen LogP contribution in [-0.4, -0.2) is 130 Å². The van der Waals surface area contributed by atoms with Gasteiger partial charge in [0.25, 0.3) is 0 Å². The lowest BCUT2D eigenvalue weighted by molar-refractivity contribution is -0.157. The smallest absolute Gasteiger partial charge is 0.410 e. The van der Waals surface area contributed by atoms with E-state index in [9.17, 15) is 33.6 Å².